The number of para-hydroxylation sites is 1. The van der Waals surface area contributed by atoms with E-state index in [1.54, 1.807) is 0 Å². The molecule has 1 aliphatic carbocycles. The summed E-state index contributed by atoms with van der Waals surface area (Å²) in [5.74, 6) is 1.47. The summed E-state index contributed by atoms with van der Waals surface area (Å²) in [4.78, 5) is 0. The van der Waals surface area contributed by atoms with E-state index in [1.165, 1.54) is 65.5 Å². The first-order chi connectivity index (χ1) is 25.7. The second kappa shape index (κ2) is 11.3. The summed E-state index contributed by atoms with van der Waals surface area (Å²) in [6.07, 6.45) is 0.943. The Labute approximate surface area is 305 Å². The van der Waals surface area contributed by atoms with Gasteiger partial charge in [0.25, 0.3) is 0 Å². The van der Waals surface area contributed by atoms with Crippen LogP contribution >= 0.6 is 11.6 Å². The van der Waals surface area contributed by atoms with E-state index in [0.717, 1.165) is 39.9 Å². The number of fused-ring (bicyclic) bond motifs is 6. The fourth-order valence-electron chi connectivity index (χ4n) is 8.59. The highest BCUT2D eigenvalue weighted by Crippen LogP contribution is 2.48. The Morgan fingerprint density at radius 2 is 1.04 bits per heavy atom. The molecule has 0 fully saturated rings. The van der Waals surface area contributed by atoms with E-state index < -0.39 is 0 Å². The Morgan fingerprint density at radius 1 is 0.404 bits per heavy atom. The van der Waals surface area contributed by atoms with Crippen LogP contribution in [0.4, 0.5) is 0 Å². The van der Waals surface area contributed by atoms with Crippen molar-refractivity contribution in [3.05, 3.63) is 186 Å². The van der Waals surface area contributed by atoms with Crippen LogP contribution in [0.1, 0.15) is 11.1 Å². The highest BCUT2D eigenvalue weighted by atomic mass is 35.5. The van der Waals surface area contributed by atoms with Gasteiger partial charge in [0.05, 0.1) is 16.1 Å². The zero-order chi connectivity index (χ0) is 34.3. The summed E-state index contributed by atoms with van der Waals surface area (Å²) in [6.45, 7) is 0. The monoisotopic (exact) mass is 683 g/mol. The van der Waals surface area contributed by atoms with Crippen molar-refractivity contribution < 1.29 is 4.74 Å². The third-order valence-corrected chi connectivity index (χ3v) is 11.2. The first-order valence-corrected chi connectivity index (χ1v) is 18.1. The van der Waals surface area contributed by atoms with E-state index in [4.69, 9.17) is 16.3 Å². The molecule has 1 heterocycles. The normalized spacial score (nSPS) is 12.2. The summed E-state index contributed by atoms with van der Waals surface area (Å²) in [7, 11) is 0. The molecule has 3 heteroatoms. The summed E-state index contributed by atoms with van der Waals surface area (Å²) in [5.41, 5.74) is 10.8. The van der Waals surface area contributed by atoms with Crippen LogP contribution in [-0.2, 0) is 6.42 Å². The first kappa shape index (κ1) is 29.4. The standard InChI is InChI=1S/C49H30ClNO/c50-42-29-33(21-24-45(42)52-46-25-22-35-26-34-13-9-18-39-37-15-4-5-17-40(37)49(46)48(35)47(34)39)32-20-23-44-41(28-32)38-16-6-7-19-43(38)51(44)36-14-8-12-31(27-36)30-10-2-1-3-11-30/h1-25,27-29H,26H2. The maximum Gasteiger partial charge on any atom is 0.146 e. The lowest BCUT2D eigenvalue weighted by Crippen LogP contribution is -1.94. The smallest absolute Gasteiger partial charge is 0.146 e. The second-order valence-corrected chi connectivity index (χ2v) is 14.2. The van der Waals surface area contributed by atoms with Crippen molar-refractivity contribution >= 4 is 65.7 Å². The molecule has 244 valence electrons. The van der Waals surface area contributed by atoms with Crippen molar-refractivity contribution in [3.8, 4) is 39.4 Å². The van der Waals surface area contributed by atoms with Crippen LogP contribution in [0.5, 0.6) is 11.5 Å². The van der Waals surface area contributed by atoms with Gasteiger partial charge >= 0.3 is 0 Å². The van der Waals surface area contributed by atoms with E-state index in [-0.39, 0.29) is 0 Å². The van der Waals surface area contributed by atoms with Crippen LogP contribution in [-0.4, -0.2) is 4.57 Å². The van der Waals surface area contributed by atoms with Crippen LogP contribution in [0.3, 0.4) is 0 Å². The van der Waals surface area contributed by atoms with Gasteiger partial charge in [0, 0.05) is 21.8 Å². The van der Waals surface area contributed by atoms with Crippen LogP contribution in [0.2, 0.25) is 5.02 Å². The zero-order valence-corrected chi connectivity index (χ0v) is 28.9. The molecule has 0 atom stereocenters. The Kier molecular flexibility index (Phi) is 6.40. The molecule has 0 amide bonds. The molecular formula is C49H30ClNO. The number of rotatable bonds is 5. The molecule has 1 aromatic heterocycles. The fourth-order valence-corrected chi connectivity index (χ4v) is 8.81. The lowest BCUT2D eigenvalue weighted by molar-refractivity contribution is 0.489. The second-order valence-electron chi connectivity index (χ2n) is 13.8. The van der Waals surface area contributed by atoms with Crippen LogP contribution in [0, 0.1) is 0 Å². The SMILES string of the molecule is Clc1cc(-c2ccc3c(c2)c2ccccc2n3-c2cccc(-c3ccccc3)c2)ccc1Oc1ccc2c3c4c(cccc4c4ccccc4c13)C2. The van der Waals surface area contributed by atoms with Gasteiger partial charge in [0.1, 0.15) is 11.5 Å². The molecule has 0 saturated carbocycles. The molecule has 0 aliphatic heterocycles. The van der Waals surface area contributed by atoms with E-state index >= 15 is 0 Å². The van der Waals surface area contributed by atoms with E-state index in [9.17, 15) is 0 Å². The Hall–Kier alpha value is -6.35. The molecule has 0 bridgehead atoms. The molecule has 0 unspecified atom stereocenters. The van der Waals surface area contributed by atoms with E-state index in [2.05, 4.69) is 162 Å². The van der Waals surface area contributed by atoms with Crippen LogP contribution in [0.25, 0.3) is 82.1 Å². The van der Waals surface area contributed by atoms with Crippen LogP contribution in [0.15, 0.2) is 170 Å². The number of nitrogens with zero attached hydrogens (tertiary/aromatic N) is 1. The first-order valence-electron chi connectivity index (χ1n) is 17.7. The van der Waals surface area contributed by atoms with Gasteiger partial charge in [0.15, 0.2) is 0 Å². The maximum absolute atomic E-state index is 7.07. The molecule has 52 heavy (non-hydrogen) atoms. The van der Waals surface area contributed by atoms with Gasteiger partial charge in [-0.1, -0.05) is 133 Å². The number of hydrogen-bond donors (Lipinski definition) is 0. The van der Waals surface area contributed by atoms with Crippen molar-refractivity contribution in [2.24, 2.45) is 0 Å². The number of hydrogen-bond acceptors (Lipinski definition) is 1. The summed E-state index contributed by atoms with van der Waals surface area (Å²) >= 11 is 7.07. The summed E-state index contributed by atoms with van der Waals surface area (Å²) in [6, 6.07) is 60.6. The molecule has 2 nitrogen and oxygen atoms in total. The lowest BCUT2D eigenvalue weighted by atomic mass is 9.94. The van der Waals surface area contributed by atoms with Gasteiger partial charge in [-0.2, -0.15) is 0 Å². The molecule has 10 aromatic rings. The largest absolute Gasteiger partial charge is 0.455 e. The minimum Gasteiger partial charge on any atom is -0.455 e. The molecular weight excluding hydrogens is 654 g/mol. The predicted molar refractivity (Wildman–Crippen MR) is 219 cm³/mol. The lowest BCUT2D eigenvalue weighted by Gasteiger charge is -2.15. The minimum atomic E-state index is 0.579. The molecule has 0 saturated heterocycles. The Bertz CT molecular complexity index is 3080. The maximum atomic E-state index is 7.07. The van der Waals surface area contributed by atoms with Crippen LogP contribution < -0.4 is 4.74 Å². The third-order valence-electron chi connectivity index (χ3n) is 10.9. The van der Waals surface area contributed by atoms with E-state index in [1.807, 2.05) is 12.1 Å². The molecule has 0 radical (unpaired) electrons. The highest BCUT2D eigenvalue weighted by Gasteiger charge is 2.23. The van der Waals surface area contributed by atoms with Gasteiger partial charge < -0.3 is 9.30 Å². The topological polar surface area (TPSA) is 14.2 Å². The van der Waals surface area contributed by atoms with Gasteiger partial charge in [0.2, 0.25) is 0 Å². The van der Waals surface area contributed by atoms with E-state index in [0.29, 0.717) is 10.8 Å². The molecule has 0 N–H and O–H groups in total. The van der Waals surface area contributed by atoms with Gasteiger partial charge in [-0.15, -0.1) is 0 Å². The predicted octanol–water partition coefficient (Wildman–Crippen LogP) is 13.9. The Morgan fingerprint density at radius 3 is 1.92 bits per heavy atom. The molecule has 11 rings (SSSR count). The average Bonchev–Trinajstić information content (AvgIpc) is 3.75. The van der Waals surface area contributed by atoms with Crippen molar-refractivity contribution in [2.75, 3.05) is 0 Å². The van der Waals surface area contributed by atoms with Crippen molar-refractivity contribution in [3.63, 3.8) is 0 Å². The van der Waals surface area contributed by atoms with Gasteiger partial charge in [-0.3, -0.25) is 0 Å². The number of halogens is 1. The Balaban J connectivity index is 1.000. The average molecular weight is 684 g/mol. The summed E-state index contributed by atoms with van der Waals surface area (Å²) in [5, 5.41) is 10.5. The number of aromatic nitrogens is 1. The quantitative estimate of drug-likeness (QED) is 0.165. The zero-order valence-electron chi connectivity index (χ0n) is 28.1. The number of ether oxygens (including phenoxy) is 1. The van der Waals surface area contributed by atoms with Crippen molar-refractivity contribution in [1.82, 2.24) is 4.57 Å². The molecule has 1 aliphatic rings. The third kappa shape index (κ3) is 4.38. The fraction of sp³-hybridized carbons (Fsp3) is 0.0204. The van der Waals surface area contributed by atoms with Gasteiger partial charge in [-0.25, -0.2) is 0 Å². The number of benzene rings is 9. The molecule has 9 aromatic carbocycles. The van der Waals surface area contributed by atoms with Crippen molar-refractivity contribution in [2.45, 2.75) is 6.42 Å². The summed E-state index contributed by atoms with van der Waals surface area (Å²) < 4.78 is 9.10. The highest BCUT2D eigenvalue weighted by molar-refractivity contribution is 6.32. The minimum absolute atomic E-state index is 0.579. The van der Waals surface area contributed by atoms with Gasteiger partial charge in [-0.05, 0) is 115 Å². The molecule has 0 spiro atoms. The van der Waals surface area contributed by atoms with Crippen molar-refractivity contribution in [1.29, 1.82) is 0 Å².